The molecule has 0 atom stereocenters. The maximum atomic E-state index is 11.8. The van der Waals surface area contributed by atoms with Crippen LogP contribution in [0.25, 0.3) is 0 Å². The van der Waals surface area contributed by atoms with Gasteiger partial charge in [-0.3, -0.25) is 14.4 Å². The first kappa shape index (κ1) is 22.0. The van der Waals surface area contributed by atoms with Gasteiger partial charge in [0.05, 0.1) is 15.7 Å². The highest BCUT2D eigenvalue weighted by molar-refractivity contribution is 6.44. The first-order valence-corrected chi connectivity index (χ1v) is 9.43. The predicted molar refractivity (Wildman–Crippen MR) is 110 cm³/mol. The molecule has 6 nitrogen and oxygen atoms in total. The van der Waals surface area contributed by atoms with Crippen LogP contribution in [0.5, 0.6) is 0 Å². The molecule has 2 aromatic carbocycles. The summed E-state index contributed by atoms with van der Waals surface area (Å²) in [6.07, 6.45) is 0.446. The molecule has 0 radical (unpaired) electrons. The third-order valence-electron chi connectivity index (χ3n) is 3.50. The van der Waals surface area contributed by atoms with Gasteiger partial charge in [0.15, 0.2) is 6.61 Å². The highest BCUT2D eigenvalue weighted by Gasteiger charge is 2.12. The van der Waals surface area contributed by atoms with E-state index in [-0.39, 0.29) is 23.8 Å². The fraction of sp³-hybridized carbons (Fsp3) is 0.211. The number of amides is 2. The van der Waals surface area contributed by atoms with Crippen LogP contribution in [-0.2, 0) is 19.1 Å². The highest BCUT2D eigenvalue weighted by Crippen LogP contribution is 2.29. The van der Waals surface area contributed by atoms with Gasteiger partial charge in [0.1, 0.15) is 0 Å². The molecular formula is C19H17Cl3N2O4. The van der Waals surface area contributed by atoms with Crippen LogP contribution in [0.15, 0.2) is 42.5 Å². The number of hydrogen-bond acceptors (Lipinski definition) is 4. The van der Waals surface area contributed by atoms with Gasteiger partial charge in [-0.25, -0.2) is 0 Å². The van der Waals surface area contributed by atoms with Crippen LogP contribution in [0.4, 0.5) is 11.4 Å². The Bertz CT molecular complexity index is 857. The minimum atomic E-state index is -0.577. The van der Waals surface area contributed by atoms with E-state index in [0.29, 0.717) is 27.8 Å². The smallest absolute Gasteiger partial charge is 0.306 e. The highest BCUT2D eigenvalue weighted by atomic mass is 35.5. The van der Waals surface area contributed by atoms with E-state index in [1.807, 2.05) is 0 Å². The minimum Gasteiger partial charge on any atom is -0.456 e. The summed E-state index contributed by atoms with van der Waals surface area (Å²) in [6.45, 7) is -0.460. The summed E-state index contributed by atoms with van der Waals surface area (Å²) < 4.78 is 4.89. The largest absolute Gasteiger partial charge is 0.456 e. The van der Waals surface area contributed by atoms with E-state index < -0.39 is 18.5 Å². The van der Waals surface area contributed by atoms with Crippen molar-refractivity contribution in [3.05, 3.63) is 57.5 Å². The summed E-state index contributed by atoms with van der Waals surface area (Å²) in [6, 6.07) is 11.5. The molecule has 2 N–H and O–H groups in total. The molecule has 0 fully saturated rings. The fourth-order valence-electron chi connectivity index (χ4n) is 2.15. The van der Waals surface area contributed by atoms with Gasteiger partial charge in [-0.1, -0.05) is 40.9 Å². The Labute approximate surface area is 177 Å². The van der Waals surface area contributed by atoms with Crippen LogP contribution < -0.4 is 10.6 Å². The van der Waals surface area contributed by atoms with Gasteiger partial charge in [0.2, 0.25) is 5.91 Å². The maximum Gasteiger partial charge on any atom is 0.306 e. The molecule has 0 spiro atoms. The molecule has 0 aliphatic rings. The molecule has 9 heteroatoms. The molecule has 0 aliphatic carbocycles. The Hall–Kier alpha value is -2.28. The minimum absolute atomic E-state index is 0.0131. The van der Waals surface area contributed by atoms with Crippen molar-refractivity contribution in [2.24, 2.45) is 0 Å². The summed E-state index contributed by atoms with van der Waals surface area (Å²) >= 11 is 17.6. The van der Waals surface area contributed by atoms with Crippen LogP contribution in [0.3, 0.4) is 0 Å². The summed E-state index contributed by atoms with van der Waals surface area (Å²) in [5.41, 5.74) is 0.947. The van der Waals surface area contributed by atoms with Crippen molar-refractivity contribution >= 4 is 64.0 Å². The molecule has 0 unspecified atom stereocenters. The third kappa shape index (κ3) is 7.38. The van der Waals surface area contributed by atoms with Gasteiger partial charge < -0.3 is 15.4 Å². The normalized spacial score (nSPS) is 10.2. The Kier molecular flexibility index (Phi) is 8.57. The molecular weight excluding hydrogens is 427 g/mol. The van der Waals surface area contributed by atoms with E-state index in [9.17, 15) is 14.4 Å². The quantitative estimate of drug-likeness (QED) is 0.566. The van der Waals surface area contributed by atoms with E-state index in [1.165, 1.54) is 0 Å². The molecule has 0 aromatic heterocycles. The molecule has 2 aromatic rings. The Balaban J connectivity index is 1.65. The van der Waals surface area contributed by atoms with Gasteiger partial charge in [-0.05, 0) is 42.8 Å². The summed E-state index contributed by atoms with van der Waals surface area (Å²) in [5.74, 6) is -1.35. The van der Waals surface area contributed by atoms with Crippen LogP contribution >= 0.6 is 34.8 Å². The third-order valence-corrected chi connectivity index (χ3v) is 4.57. The first-order chi connectivity index (χ1) is 13.3. The van der Waals surface area contributed by atoms with Gasteiger partial charge >= 0.3 is 5.97 Å². The van der Waals surface area contributed by atoms with Crippen LogP contribution in [0.1, 0.15) is 19.3 Å². The second kappa shape index (κ2) is 10.9. The predicted octanol–water partition coefficient (Wildman–Crippen LogP) is 4.94. The zero-order chi connectivity index (χ0) is 20.5. The van der Waals surface area contributed by atoms with Crippen LogP contribution in [-0.4, -0.2) is 24.4 Å². The van der Waals surface area contributed by atoms with Crippen molar-refractivity contribution < 1.29 is 19.1 Å². The number of hydrogen-bond donors (Lipinski definition) is 2. The lowest BCUT2D eigenvalue weighted by Crippen LogP contribution is -2.21. The zero-order valence-corrected chi connectivity index (χ0v) is 16.9. The zero-order valence-electron chi connectivity index (χ0n) is 14.6. The molecule has 0 heterocycles. The molecule has 2 rings (SSSR count). The number of carbonyl (C=O) groups is 3. The molecule has 2 amide bonds. The van der Waals surface area contributed by atoms with Crippen molar-refractivity contribution in [2.45, 2.75) is 19.3 Å². The molecule has 28 heavy (non-hydrogen) atoms. The number of benzene rings is 2. The lowest BCUT2D eigenvalue weighted by Gasteiger charge is -2.09. The van der Waals surface area contributed by atoms with E-state index in [0.717, 1.165) is 0 Å². The number of carbonyl (C=O) groups excluding carboxylic acids is 3. The average molecular weight is 444 g/mol. The van der Waals surface area contributed by atoms with E-state index in [2.05, 4.69) is 10.6 Å². The number of rotatable bonds is 8. The van der Waals surface area contributed by atoms with Crippen molar-refractivity contribution in [2.75, 3.05) is 17.2 Å². The van der Waals surface area contributed by atoms with Gasteiger partial charge in [-0.2, -0.15) is 0 Å². The monoisotopic (exact) mass is 442 g/mol. The number of anilines is 2. The van der Waals surface area contributed by atoms with Gasteiger partial charge in [0, 0.05) is 23.6 Å². The van der Waals surface area contributed by atoms with E-state index in [1.54, 1.807) is 42.5 Å². The molecule has 0 bridgehead atoms. The number of esters is 1. The molecule has 0 saturated heterocycles. The summed E-state index contributed by atoms with van der Waals surface area (Å²) in [7, 11) is 0. The van der Waals surface area contributed by atoms with Crippen LogP contribution in [0, 0.1) is 0 Å². The molecule has 0 aliphatic heterocycles. The Morgan fingerprint density at radius 1 is 0.857 bits per heavy atom. The number of ether oxygens (including phenoxy) is 1. The Morgan fingerprint density at radius 3 is 2.29 bits per heavy atom. The second-order valence-corrected chi connectivity index (χ2v) is 6.94. The van der Waals surface area contributed by atoms with E-state index in [4.69, 9.17) is 39.5 Å². The summed E-state index contributed by atoms with van der Waals surface area (Å²) in [4.78, 5) is 35.4. The van der Waals surface area contributed by atoms with Crippen molar-refractivity contribution in [3.8, 4) is 0 Å². The number of halogens is 3. The van der Waals surface area contributed by atoms with Crippen molar-refractivity contribution in [1.29, 1.82) is 0 Å². The maximum absolute atomic E-state index is 11.8. The standard InChI is InChI=1S/C19H17Cl3N2O4/c20-12-7-9-13(10-8-12)23-16(25)5-2-6-18(27)28-11-17(26)24-15-4-1-3-14(21)19(15)22/h1,3-4,7-10H,2,5-6,11H2,(H,23,25)(H,24,26). The fourth-order valence-corrected chi connectivity index (χ4v) is 2.63. The lowest BCUT2D eigenvalue weighted by atomic mass is 10.2. The Morgan fingerprint density at radius 2 is 1.57 bits per heavy atom. The number of nitrogens with one attached hydrogen (secondary N) is 2. The van der Waals surface area contributed by atoms with Crippen LogP contribution in [0.2, 0.25) is 15.1 Å². The SMILES string of the molecule is O=C(CCCC(=O)OCC(=O)Nc1cccc(Cl)c1Cl)Nc1ccc(Cl)cc1. The average Bonchev–Trinajstić information content (AvgIpc) is 2.66. The molecule has 0 saturated carbocycles. The summed E-state index contributed by atoms with van der Waals surface area (Å²) in [5, 5.41) is 6.27. The second-order valence-electron chi connectivity index (χ2n) is 5.72. The van der Waals surface area contributed by atoms with Gasteiger partial charge in [-0.15, -0.1) is 0 Å². The topological polar surface area (TPSA) is 84.5 Å². The molecule has 148 valence electrons. The van der Waals surface area contributed by atoms with Crippen molar-refractivity contribution in [3.63, 3.8) is 0 Å². The van der Waals surface area contributed by atoms with Crippen molar-refractivity contribution in [1.82, 2.24) is 0 Å². The van der Waals surface area contributed by atoms with E-state index >= 15 is 0 Å². The lowest BCUT2D eigenvalue weighted by molar-refractivity contribution is -0.147. The van der Waals surface area contributed by atoms with Gasteiger partial charge in [0.25, 0.3) is 5.91 Å². The first-order valence-electron chi connectivity index (χ1n) is 8.30.